The Balaban J connectivity index is 3.22. The molecular formula is C11H13BrF2O2S. The van der Waals surface area contributed by atoms with E-state index in [4.69, 9.17) is 0 Å². The molecule has 1 aromatic rings. The van der Waals surface area contributed by atoms with Gasteiger partial charge in [-0.15, -0.1) is 0 Å². The van der Waals surface area contributed by atoms with Gasteiger partial charge in [0.1, 0.15) is 11.6 Å². The van der Waals surface area contributed by atoms with E-state index in [0.29, 0.717) is 0 Å². The smallest absolute Gasteiger partial charge is 0.151 e. The summed E-state index contributed by atoms with van der Waals surface area (Å²) in [6.45, 7) is 2.90. The normalized spacial score (nSPS) is 15.6. The zero-order chi connectivity index (χ0) is 13.4. The molecule has 0 aliphatic heterocycles. The van der Waals surface area contributed by atoms with Crippen LogP contribution in [0.3, 0.4) is 0 Å². The Labute approximate surface area is 108 Å². The van der Waals surface area contributed by atoms with Crippen LogP contribution < -0.4 is 0 Å². The third-order valence-electron chi connectivity index (χ3n) is 2.66. The molecule has 0 aliphatic carbocycles. The summed E-state index contributed by atoms with van der Waals surface area (Å²) in [5.74, 6) is -1.16. The lowest BCUT2D eigenvalue weighted by Crippen LogP contribution is -2.21. The summed E-state index contributed by atoms with van der Waals surface area (Å²) in [5, 5.41) is -0.834. The van der Waals surface area contributed by atoms with E-state index in [2.05, 4.69) is 15.9 Å². The van der Waals surface area contributed by atoms with Crippen LogP contribution in [-0.2, 0) is 9.84 Å². The van der Waals surface area contributed by atoms with Crippen LogP contribution in [0.5, 0.6) is 0 Å². The van der Waals surface area contributed by atoms with Gasteiger partial charge in [-0.3, -0.25) is 0 Å². The molecule has 0 radical (unpaired) electrons. The number of hydrogen-bond donors (Lipinski definition) is 0. The highest BCUT2D eigenvalue weighted by atomic mass is 79.9. The van der Waals surface area contributed by atoms with Gasteiger partial charge in [0.25, 0.3) is 0 Å². The highest BCUT2D eigenvalue weighted by Gasteiger charge is 2.27. The van der Waals surface area contributed by atoms with E-state index >= 15 is 0 Å². The Kier molecular flexibility index (Phi) is 4.30. The van der Waals surface area contributed by atoms with Crippen molar-refractivity contribution in [1.82, 2.24) is 0 Å². The van der Waals surface area contributed by atoms with Crippen molar-refractivity contribution in [2.75, 3.05) is 6.26 Å². The van der Waals surface area contributed by atoms with Gasteiger partial charge < -0.3 is 0 Å². The molecule has 6 heteroatoms. The van der Waals surface area contributed by atoms with Gasteiger partial charge in [-0.05, 0) is 31.5 Å². The molecule has 0 saturated heterocycles. The highest BCUT2D eigenvalue weighted by molar-refractivity contribution is 9.09. The lowest BCUT2D eigenvalue weighted by Gasteiger charge is -2.18. The second kappa shape index (κ2) is 5.02. The summed E-state index contributed by atoms with van der Waals surface area (Å²) >= 11 is 3.11. The van der Waals surface area contributed by atoms with Gasteiger partial charge in [0.05, 0.1) is 10.1 Å². The lowest BCUT2D eigenvalue weighted by molar-refractivity contribution is 0.567. The van der Waals surface area contributed by atoms with Crippen LogP contribution in [0.1, 0.15) is 22.9 Å². The first-order chi connectivity index (χ1) is 7.64. The van der Waals surface area contributed by atoms with Crippen molar-refractivity contribution in [3.8, 4) is 0 Å². The predicted octanol–water partition coefficient (Wildman–Crippen LogP) is 3.14. The van der Waals surface area contributed by atoms with E-state index in [9.17, 15) is 17.2 Å². The van der Waals surface area contributed by atoms with Gasteiger partial charge in [0.2, 0.25) is 0 Å². The highest BCUT2D eigenvalue weighted by Crippen LogP contribution is 2.33. The number of sulfone groups is 1. The Hall–Kier alpha value is -0.490. The van der Waals surface area contributed by atoms with E-state index < -0.39 is 31.5 Å². The third-order valence-corrected chi connectivity index (χ3v) is 5.92. The monoisotopic (exact) mass is 326 g/mol. The second-order valence-electron chi connectivity index (χ2n) is 4.06. The molecule has 1 aromatic carbocycles. The van der Waals surface area contributed by atoms with E-state index in [1.54, 1.807) is 0 Å². The van der Waals surface area contributed by atoms with Gasteiger partial charge >= 0.3 is 0 Å². The molecule has 0 amide bonds. The van der Waals surface area contributed by atoms with Gasteiger partial charge in [0, 0.05) is 11.8 Å². The van der Waals surface area contributed by atoms with Crippen molar-refractivity contribution in [2.45, 2.75) is 23.9 Å². The number of hydrogen-bond acceptors (Lipinski definition) is 2. The Morgan fingerprint density at radius 2 is 1.76 bits per heavy atom. The maximum Gasteiger partial charge on any atom is 0.151 e. The number of benzene rings is 1. The molecule has 0 heterocycles. The maximum absolute atomic E-state index is 13.6. The van der Waals surface area contributed by atoms with Crippen LogP contribution >= 0.6 is 15.9 Å². The molecule has 0 N–H and O–H groups in total. The average Bonchev–Trinajstić information content (AvgIpc) is 2.20. The zero-order valence-corrected chi connectivity index (χ0v) is 12.1. The summed E-state index contributed by atoms with van der Waals surface area (Å²) in [4.78, 5) is -0.771. The van der Waals surface area contributed by atoms with Gasteiger partial charge in [-0.1, -0.05) is 15.9 Å². The molecule has 17 heavy (non-hydrogen) atoms. The number of aryl methyl sites for hydroxylation is 1. The molecule has 1 rings (SSSR count). The van der Waals surface area contributed by atoms with Crippen molar-refractivity contribution < 1.29 is 17.2 Å². The van der Waals surface area contributed by atoms with Crippen molar-refractivity contribution in [2.24, 2.45) is 0 Å². The number of halogens is 3. The summed E-state index contributed by atoms with van der Waals surface area (Å²) < 4.78 is 49.7. The quantitative estimate of drug-likeness (QED) is 0.800. The van der Waals surface area contributed by atoms with Crippen LogP contribution in [0.25, 0.3) is 0 Å². The molecule has 0 aliphatic rings. The summed E-state index contributed by atoms with van der Waals surface area (Å²) in [6.07, 6.45) is 1.06. The van der Waals surface area contributed by atoms with Crippen LogP contribution in [0.2, 0.25) is 0 Å². The van der Waals surface area contributed by atoms with Gasteiger partial charge in [-0.25, -0.2) is 17.2 Å². The molecule has 96 valence electrons. The van der Waals surface area contributed by atoms with Crippen LogP contribution in [0, 0.1) is 18.6 Å². The maximum atomic E-state index is 13.6. The third kappa shape index (κ3) is 3.25. The fourth-order valence-electron chi connectivity index (χ4n) is 1.34. The van der Waals surface area contributed by atoms with E-state index in [-0.39, 0.29) is 11.1 Å². The van der Waals surface area contributed by atoms with Crippen LogP contribution in [-0.4, -0.2) is 19.9 Å². The molecule has 0 bridgehead atoms. The van der Waals surface area contributed by atoms with Crippen LogP contribution in [0.15, 0.2) is 12.1 Å². The standard InChI is InChI=1S/C11H13BrF2O2S/c1-6-4-10(14)8(5-9(6)13)11(12)7(2)17(3,15)16/h4-5,7,11H,1-3H3. The molecule has 0 fully saturated rings. The number of rotatable bonds is 3. The number of alkyl halides is 1. The van der Waals surface area contributed by atoms with E-state index in [0.717, 1.165) is 18.4 Å². The van der Waals surface area contributed by atoms with Crippen molar-refractivity contribution >= 4 is 25.8 Å². The first-order valence-corrected chi connectivity index (χ1v) is 7.80. The van der Waals surface area contributed by atoms with Crippen molar-refractivity contribution in [1.29, 1.82) is 0 Å². The minimum absolute atomic E-state index is 0.0195. The van der Waals surface area contributed by atoms with Crippen molar-refractivity contribution in [3.63, 3.8) is 0 Å². The minimum Gasteiger partial charge on any atom is -0.229 e. The minimum atomic E-state index is -3.33. The van der Waals surface area contributed by atoms with E-state index in [1.165, 1.54) is 13.8 Å². The zero-order valence-electron chi connectivity index (χ0n) is 9.67. The SMILES string of the molecule is Cc1cc(F)c(C(Br)C(C)S(C)(=O)=O)cc1F. The fraction of sp³-hybridized carbons (Fsp3) is 0.455. The fourth-order valence-corrected chi connectivity index (χ4v) is 3.45. The topological polar surface area (TPSA) is 34.1 Å². The molecule has 0 spiro atoms. The lowest BCUT2D eigenvalue weighted by atomic mass is 10.1. The van der Waals surface area contributed by atoms with Gasteiger partial charge in [-0.2, -0.15) is 0 Å². The summed E-state index contributed by atoms with van der Waals surface area (Å²) in [7, 11) is -3.33. The molecule has 2 atom stereocenters. The first kappa shape index (κ1) is 14.6. The Morgan fingerprint density at radius 3 is 2.24 bits per heavy atom. The second-order valence-corrected chi connectivity index (χ2v) is 7.45. The molecule has 2 unspecified atom stereocenters. The van der Waals surface area contributed by atoms with E-state index in [1.807, 2.05) is 0 Å². The van der Waals surface area contributed by atoms with Crippen molar-refractivity contribution in [3.05, 3.63) is 34.9 Å². The molecular weight excluding hydrogens is 314 g/mol. The molecule has 2 nitrogen and oxygen atoms in total. The Morgan fingerprint density at radius 1 is 1.24 bits per heavy atom. The Bertz CT molecular complexity index is 529. The average molecular weight is 327 g/mol. The summed E-state index contributed by atoms with van der Waals surface area (Å²) in [5.41, 5.74) is 0.212. The summed E-state index contributed by atoms with van der Waals surface area (Å²) in [6, 6.07) is 2.10. The first-order valence-electron chi connectivity index (χ1n) is 4.93. The largest absolute Gasteiger partial charge is 0.229 e. The molecule has 0 saturated carbocycles. The predicted molar refractivity (Wildman–Crippen MR) is 67.1 cm³/mol. The van der Waals surface area contributed by atoms with Gasteiger partial charge in [0.15, 0.2) is 9.84 Å². The van der Waals surface area contributed by atoms with Crippen LogP contribution in [0.4, 0.5) is 8.78 Å². The molecule has 0 aromatic heterocycles.